The predicted molar refractivity (Wildman–Crippen MR) is 47.0 cm³/mol. The van der Waals surface area contributed by atoms with Crippen LogP contribution in [0.2, 0.25) is 0 Å². The molecule has 0 saturated heterocycles. The van der Waals surface area contributed by atoms with Crippen molar-refractivity contribution in [3.63, 3.8) is 0 Å². The standard InChI is InChI=1S/C8H12N2S/c1-10-4-2-7-8(3-5-10)11-6-9-7/h6H,2-5H2,1H3. The molecule has 0 amide bonds. The lowest BCUT2D eigenvalue weighted by Gasteiger charge is -2.10. The minimum Gasteiger partial charge on any atom is -0.306 e. The lowest BCUT2D eigenvalue weighted by atomic mass is 10.2. The first-order valence-corrected chi connectivity index (χ1v) is 4.84. The van der Waals surface area contributed by atoms with E-state index in [-0.39, 0.29) is 0 Å². The molecular weight excluding hydrogens is 156 g/mol. The summed E-state index contributed by atoms with van der Waals surface area (Å²) in [6.45, 7) is 2.35. The summed E-state index contributed by atoms with van der Waals surface area (Å²) in [5.41, 5.74) is 3.30. The third-order valence-corrected chi connectivity index (χ3v) is 3.11. The van der Waals surface area contributed by atoms with Crippen LogP contribution in [0.25, 0.3) is 0 Å². The molecule has 0 aliphatic carbocycles. The Kier molecular flexibility index (Phi) is 1.92. The lowest BCUT2D eigenvalue weighted by molar-refractivity contribution is 0.352. The van der Waals surface area contributed by atoms with Crippen LogP contribution in [0.3, 0.4) is 0 Å². The molecule has 0 radical (unpaired) electrons. The normalized spacial score (nSPS) is 19.4. The van der Waals surface area contributed by atoms with E-state index in [9.17, 15) is 0 Å². The Labute approximate surface area is 70.9 Å². The van der Waals surface area contributed by atoms with Crippen LogP contribution in [0.15, 0.2) is 5.51 Å². The summed E-state index contributed by atoms with van der Waals surface area (Å²) in [5.74, 6) is 0. The third-order valence-electron chi connectivity index (χ3n) is 2.18. The number of nitrogens with zero attached hydrogens (tertiary/aromatic N) is 2. The van der Waals surface area contributed by atoms with Crippen molar-refractivity contribution in [2.24, 2.45) is 0 Å². The summed E-state index contributed by atoms with van der Waals surface area (Å²) in [6, 6.07) is 0. The van der Waals surface area contributed by atoms with Crippen molar-refractivity contribution in [1.29, 1.82) is 0 Å². The smallest absolute Gasteiger partial charge is 0.0797 e. The molecular formula is C8H12N2S. The van der Waals surface area contributed by atoms with Gasteiger partial charge in [-0.3, -0.25) is 0 Å². The van der Waals surface area contributed by atoms with Gasteiger partial charge in [-0.05, 0) is 13.5 Å². The molecule has 11 heavy (non-hydrogen) atoms. The van der Waals surface area contributed by atoms with Gasteiger partial charge >= 0.3 is 0 Å². The fourth-order valence-electron chi connectivity index (χ4n) is 1.40. The second kappa shape index (κ2) is 2.91. The van der Waals surface area contributed by atoms with Crippen molar-refractivity contribution in [2.45, 2.75) is 12.8 Å². The third kappa shape index (κ3) is 1.44. The summed E-state index contributed by atoms with van der Waals surface area (Å²) < 4.78 is 0. The second-order valence-corrected chi connectivity index (χ2v) is 3.96. The molecule has 0 bridgehead atoms. The van der Waals surface area contributed by atoms with Gasteiger partial charge in [0.25, 0.3) is 0 Å². The quantitative estimate of drug-likeness (QED) is 0.578. The Morgan fingerprint density at radius 3 is 3.18 bits per heavy atom. The molecule has 60 valence electrons. The van der Waals surface area contributed by atoms with Gasteiger partial charge in [-0.2, -0.15) is 0 Å². The molecule has 0 saturated carbocycles. The average Bonchev–Trinajstić information content (AvgIpc) is 2.38. The highest BCUT2D eigenvalue weighted by atomic mass is 32.1. The van der Waals surface area contributed by atoms with Gasteiger partial charge in [-0.15, -0.1) is 11.3 Å². The number of likely N-dealkylation sites (N-methyl/N-ethyl adjacent to an activating group) is 1. The Morgan fingerprint density at radius 1 is 1.45 bits per heavy atom. The minimum absolute atomic E-state index is 1.13. The zero-order valence-corrected chi connectivity index (χ0v) is 7.52. The van der Waals surface area contributed by atoms with Crippen LogP contribution < -0.4 is 0 Å². The van der Waals surface area contributed by atoms with E-state index in [0.717, 1.165) is 13.0 Å². The summed E-state index contributed by atoms with van der Waals surface area (Å²) in [7, 11) is 2.18. The first kappa shape index (κ1) is 7.25. The molecule has 2 rings (SSSR count). The van der Waals surface area contributed by atoms with Crippen LogP contribution in [0.5, 0.6) is 0 Å². The molecule has 3 heteroatoms. The molecule has 0 fully saturated rings. The molecule has 0 unspecified atom stereocenters. The van der Waals surface area contributed by atoms with Crippen molar-refractivity contribution in [2.75, 3.05) is 20.1 Å². The van der Waals surface area contributed by atoms with E-state index in [1.165, 1.54) is 23.5 Å². The van der Waals surface area contributed by atoms with E-state index in [2.05, 4.69) is 16.9 Å². The number of hydrogen-bond donors (Lipinski definition) is 0. The molecule has 1 aliphatic heterocycles. The Bertz CT molecular complexity index is 221. The van der Waals surface area contributed by atoms with E-state index in [1.807, 2.05) is 5.51 Å². The maximum atomic E-state index is 4.34. The summed E-state index contributed by atoms with van der Waals surface area (Å²) in [6.07, 6.45) is 2.33. The maximum absolute atomic E-state index is 4.34. The minimum atomic E-state index is 1.13. The van der Waals surface area contributed by atoms with E-state index in [1.54, 1.807) is 11.3 Å². The number of rotatable bonds is 0. The second-order valence-electron chi connectivity index (χ2n) is 3.03. The lowest BCUT2D eigenvalue weighted by Crippen LogP contribution is -2.20. The average molecular weight is 168 g/mol. The van der Waals surface area contributed by atoms with Gasteiger partial charge in [-0.25, -0.2) is 4.98 Å². The fraction of sp³-hybridized carbons (Fsp3) is 0.625. The Hall–Kier alpha value is -0.410. The van der Waals surface area contributed by atoms with Crippen molar-refractivity contribution in [3.05, 3.63) is 16.1 Å². The molecule has 0 spiro atoms. The van der Waals surface area contributed by atoms with Gasteiger partial charge in [0.05, 0.1) is 11.2 Å². The Balaban J connectivity index is 2.20. The molecule has 1 aliphatic rings. The van der Waals surface area contributed by atoms with E-state index in [4.69, 9.17) is 0 Å². The van der Waals surface area contributed by atoms with Crippen molar-refractivity contribution in [1.82, 2.24) is 9.88 Å². The summed E-state index contributed by atoms with van der Waals surface area (Å²) in [4.78, 5) is 8.21. The predicted octanol–water partition coefficient (Wildman–Crippen LogP) is 1.17. The number of thiazole rings is 1. The van der Waals surface area contributed by atoms with E-state index < -0.39 is 0 Å². The molecule has 1 aromatic heterocycles. The van der Waals surface area contributed by atoms with Crippen LogP contribution in [0.4, 0.5) is 0 Å². The SMILES string of the molecule is CN1CCc2ncsc2CC1. The Morgan fingerprint density at radius 2 is 2.27 bits per heavy atom. The van der Waals surface area contributed by atoms with Gasteiger partial charge in [0.1, 0.15) is 0 Å². The maximum Gasteiger partial charge on any atom is 0.0797 e. The summed E-state index contributed by atoms with van der Waals surface area (Å²) in [5, 5.41) is 0. The van der Waals surface area contributed by atoms with Gasteiger partial charge < -0.3 is 4.90 Å². The molecule has 2 heterocycles. The zero-order chi connectivity index (χ0) is 7.68. The molecule has 0 atom stereocenters. The van der Waals surface area contributed by atoms with E-state index in [0.29, 0.717) is 0 Å². The number of aromatic nitrogens is 1. The van der Waals surface area contributed by atoms with Crippen molar-refractivity contribution >= 4 is 11.3 Å². The van der Waals surface area contributed by atoms with Crippen molar-refractivity contribution in [3.8, 4) is 0 Å². The fourth-order valence-corrected chi connectivity index (χ4v) is 2.21. The van der Waals surface area contributed by atoms with Gasteiger partial charge in [0.2, 0.25) is 0 Å². The first-order chi connectivity index (χ1) is 5.36. The molecule has 1 aromatic rings. The van der Waals surface area contributed by atoms with E-state index >= 15 is 0 Å². The molecule has 0 N–H and O–H groups in total. The zero-order valence-electron chi connectivity index (χ0n) is 6.71. The van der Waals surface area contributed by atoms with Crippen molar-refractivity contribution < 1.29 is 0 Å². The highest BCUT2D eigenvalue weighted by Gasteiger charge is 2.12. The molecule has 2 nitrogen and oxygen atoms in total. The van der Waals surface area contributed by atoms with Gasteiger partial charge in [-0.1, -0.05) is 0 Å². The summed E-state index contributed by atoms with van der Waals surface area (Å²) >= 11 is 1.80. The topological polar surface area (TPSA) is 16.1 Å². The van der Waals surface area contributed by atoms with Crippen LogP contribution in [-0.4, -0.2) is 30.0 Å². The largest absolute Gasteiger partial charge is 0.306 e. The first-order valence-electron chi connectivity index (χ1n) is 3.96. The van der Waals surface area contributed by atoms with Crippen LogP contribution in [-0.2, 0) is 12.8 Å². The highest BCUT2D eigenvalue weighted by molar-refractivity contribution is 7.09. The number of fused-ring (bicyclic) bond motifs is 1. The van der Waals surface area contributed by atoms with Crippen LogP contribution >= 0.6 is 11.3 Å². The van der Waals surface area contributed by atoms with Gasteiger partial charge in [0.15, 0.2) is 0 Å². The van der Waals surface area contributed by atoms with Gasteiger partial charge in [0, 0.05) is 24.4 Å². The number of hydrogen-bond acceptors (Lipinski definition) is 3. The highest BCUT2D eigenvalue weighted by Crippen LogP contribution is 2.17. The monoisotopic (exact) mass is 168 g/mol. The molecule has 0 aromatic carbocycles. The van der Waals surface area contributed by atoms with Crippen LogP contribution in [0.1, 0.15) is 10.6 Å². The van der Waals surface area contributed by atoms with Crippen LogP contribution in [0, 0.1) is 0 Å².